The molecule has 20 heavy (non-hydrogen) atoms. The Hall–Kier alpha value is -2.24. The van der Waals surface area contributed by atoms with E-state index < -0.39 is 5.97 Å². The lowest BCUT2D eigenvalue weighted by atomic mass is 10.2. The quantitative estimate of drug-likeness (QED) is 0.659. The van der Waals surface area contributed by atoms with Crippen molar-refractivity contribution in [2.45, 2.75) is 32.7 Å². The fraction of sp³-hybridized carbons (Fsp3) is 0.429. The van der Waals surface area contributed by atoms with Gasteiger partial charge in [-0.2, -0.15) is 0 Å². The van der Waals surface area contributed by atoms with E-state index in [9.17, 15) is 9.59 Å². The zero-order valence-electron chi connectivity index (χ0n) is 11.7. The van der Waals surface area contributed by atoms with Crippen LogP contribution in [0.2, 0.25) is 0 Å². The Bertz CT molecular complexity index is 488. The van der Waals surface area contributed by atoms with E-state index in [1.165, 1.54) is 18.2 Å². The number of carbonyl (C=O) groups is 2. The fourth-order valence-corrected chi connectivity index (χ4v) is 1.78. The van der Waals surface area contributed by atoms with Gasteiger partial charge in [0.2, 0.25) is 0 Å². The average molecular weight is 280 g/mol. The number of anilines is 1. The summed E-state index contributed by atoms with van der Waals surface area (Å²) in [7, 11) is 0. The van der Waals surface area contributed by atoms with E-state index in [1.54, 1.807) is 0 Å². The number of hydrogen-bond donors (Lipinski definition) is 3. The first-order chi connectivity index (χ1) is 9.43. The minimum Gasteiger partial charge on any atom is -0.484 e. The normalized spacial score (nSPS) is 11.7. The van der Waals surface area contributed by atoms with Crippen molar-refractivity contribution in [3.05, 3.63) is 23.8 Å². The molecular weight excluding hydrogens is 260 g/mol. The first kappa shape index (κ1) is 15.8. The van der Waals surface area contributed by atoms with Gasteiger partial charge >= 0.3 is 5.97 Å². The molecule has 0 spiro atoms. The zero-order valence-corrected chi connectivity index (χ0v) is 11.7. The Labute approximate surface area is 117 Å². The number of carboxylic acids is 1. The number of ether oxygens (including phenoxy) is 1. The Morgan fingerprint density at radius 3 is 2.75 bits per heavy atom. The number of carboxylic acid groups (broad SMARTS) is 1. The number of carbonyl (C=O) groups excluding carboxylic acids is 1. The van der Waals surface area contributed by atoms with Crippen LogP contribution in [-0.4, -0.2) is 29.6 Å². The van der Waals surface area contributed by atoms with Crippen molar-refractivity contribution >= 4 is 17.6 Å². The molecule has 0 aliphatic heterocycles. The molecule has 1 aromatic rings. The standard InChI is InChI=1S/C14H20N2O4/c1-3-4-9(2)16-13(17)8-20-10-5-6-12(15)11(7-10)14(18)19/h5-7,9H,3-4,8,15H2,1-2H3,(H,16,17)(H,18,19). The first-order valence-corrected chi connectivity index (χ1v) is 6.49. The largest absolute Gasteiger partial charge is 0.484 e. The van der Waals surface area contributed by atoms with E-state index in [0.717, 1.165) is 12.8 Å². The maximum atomic E-state index is 11.6. The molecule has 1 aromatic carbocycles. The summed E-state index contributed by atoms with van der Waals surface area (Å²) in [5.41, 5.74) is 5.65. The van der Waals surface area contributed by atoms with Gasteiger partial charge in [-0.1, -0.05) is 13.3 Å². The molecule has 0 radical (unpaired) electrons. The van der Waals surface area contributed by atoms with E-state index in [0.29, 0.717) is 5.75 Å². The minimum atomic E-state index is -1.13. The van der Waals surface area contributed by atoms with Gasteiger partial charge in [-0.3, -0.25) is 4.79 Å². The van der Waals surface area contributed by atoms with Gasteiger partial charge in [0.05, 0.1) is 5.56 Å². The van der Waals surface area contributed by atoms with Crippen LogP contribution in [0.4, 0.5) is 5.69 Å². The molecule has 0 aromatic heterocycles. The molecule has 0 bridgehead atoms. The molecule has 1 atom stereocenters. The van der Waals surface area contributed by atoms with Gasteiger partial charge in [0.15, 0.2) is 6.61 Å². The molecule has 0 saturated heterocycles. The average Bonchev–Trinajstić information content (AvgIpc) is 2.37. The summed E-state index contributed by atoms with van der Waals surface area (Å²) in [5.74, 6) is -1.07. The Kier molecular flexibility index (Phi) is 5.83. The predicted molar refractivity (Wildman–Crippen MR) is 75.8 cm³/mol. The van der Waals surface area contributed by atoms with Gasteiger partial charge in [0.25, 0.3) is 5.91 Å². The summed E-state index contributed by atoms with van der Waals surface area (Å²) >= 11 is 0. The highest BCUT2D eigenvalue weighted by Gasteiger charge is 2.11. The summed E-state index contributed by atoms with van der Waals surface area (Å²) in [5, 5.41) is 11.7. The van der Waals surface area contributed by atoms with Gasteiger partial charge in [0, 0.05) is 11.7 Å². The maximum Gasteiger partial charge on any atom is 0.337 e. The molecule has 6 nitrogen and oxygen atoms in total. The first-order valence-electron chi connectivity index (χ1n) is 6.49. The SMILES string of the molecule is CCCC(C)NC(=O)COc1ccc(N)c(C(=O)O)c1. The number of hydrogen-bond acceptors (Lipinski definition) is 4. The molecule has 1 rings (SSSR count). The molecule has 4 N–H and O–H groups in total. The maximum absolute atomic E-state index is 11.6. The van der Waals surface area contributed by atoms with E-state index in [4.69, 9.17) is 15.6 Å². The van der Waals surface area contributed by atoms with Crippen LogP contribution >= 0.6 is 0 Å². The highest BCUT2D eigenvalue weighted by Crippen LogP contribution is 2.19. The highest BCUT2D eigenvalue weighted by atomic mass is 16.5. The second kappa shape index (κ2) is 7.37. The van der Waals surface area contributed by atoms with Gasteiger partial charge in [-0.15, -0.1) is 0 Å². The molecule has 0 heterocycles. The second-order valence-electron chi connectivity index (χ2n) is 4.60. The summed E-state index contributed by atoms with van der Waals surface area (Å²) in [6.07, 6.45) is 1.89. The number of amides is 1. The van der Waals surface area contributed by atoms with Crippen LogP contribution in [0.1, 0.15) is 37.0 Å². The van der Waals surface area contributed by atoms with Gasteiger partial charge < -0.3 is 20.9 Å². The Balaban J connectivity index is 2.55. The molecule has 0 aliphatic rings. The van der Waals surface area contributed by atoms with Gasteiger partial charge in [0.1, 0.15) is 5.75 Å². The van der Waals surface area contributed by atoms with Crippen LogP contribution in [0.5, 0.6) is 5.75 Å². The van der Waals surface area contributed by atoms with Crippen LogP contribution in [-0.2, 0) is 4.79 Å². The van der Waals surface area contributed by atoms with Crippen molar-refractivity contribution in [3.63, 3.8) is 0 Å². The third kappa shape index (κ3) is 4.79. The summed E-state index contributed by atoms with van der Waals surface area (Å²) in [6, 6.07) is 4.37. The number of aromatic carboxylic acids is 1. The lowest BCUT2D eigenvalue weighted by Crippen LogP contribution is -2.35. The zero-order chi connectivity index (χ0) is 15.1. The van der Waals surface area contributed by atoms with E-state index >= 15 is 0 Å². The van der Waals surface area contributed by atoms with Crippen molar-refractivity contribution in [3.8, 4) is 5.75 Å². The second-order valence-corrected chi connectivity index (χ2v) is 4.60. The molecule has 6 heteroatoms. The van der Waals surface area contributed by atoms with Gasteiger partial charge in [-0.05, 0) is 31.5 Å². The molecule has 0 saturated carbocycles. The molecule has 0 fully saturated rings. The topological polar surface area (TPSA) is 102 Å². The number of nitrogens with one attached hydrogen (secondary N) is 1. The van der Waals surface area contributed by atoms with Crippen molar-refractivity contribution < 1.29 is 19.4 Å². The van der Waals surface area contributed by atoms with Gasteiger partial charge in [-0.25, -0.2) is 4.79 Å². The smallest absolute Gasteiger partial charge is 0.337 e. The minimum absolute atomic E-state index is 0.0396. The molecule has 110 valence electrons. The third-order valence-electron chi connectivity index (χ3n) is 2.75. The Morgan fingerprint density at radius 2 is 2.15 bits per heavy atom. The predicted octanol–water partition coefficient (Wildman–Crippen LogP) is 1.65. The van der Waals surface area contributed by atoms with Crippen molar-refractivity contribution in [2.75, 3.05) is 12.3 Å². The van der Waals surface area contributed by atoms with Crippen LogP contribution in [0.3, 0.4) is 0 Å². The Morgan fingerprint density at radius 1 is 1.45 bits per heavy atom. The van der Waals surface area contributed by atoms with Crippen molar-refractivity contribution in [2.24, 2.45) is 0 Å². The number of nitrogens with two attached hydrogens (primary N) is 1. The fourth-order valence-electron chi connectivity index (χ4n) is 1.78. The molecular formula is C14H20N2O4. The van der Waals surface area contributed by atoms with Crippen LogP contribution in [0.25, 0.3) is 0 Å². The number of nitrogen functional groups attached to an aromatic ring is 1. The monoisotopic (exact) mass is 280 g/mol. The summed E-state index contributed by atoms with van der Waals surface area (Å²) in [4.78, 5) is 22.5. The highest BCUT2D eigenvalue weighted by molar-refractivity contribution is 5.94. The number of rotatable bonds is 7. The van der Waals surface area contributed by atoms with E-state index in [-0.39, 0.29) is 29.8 Å². The van der Waals surface area contributed by atoms with Crippen molar-refractivity contribution in [1.29, 1.82) is 0 Å². The lowest BCUT2D eigenvalue weighted by molar-refractivity contribution is -0.123. The summed E-state index contributed by atoms with van der Waals surface area (Å²) < 4.78 is 5.26. The summed E-state index contributed by atoms with van der Waals surface area (Å²) in [6.45, 7) is 3.81. The van der Waals surface area contributed by atoms with E-state index in [1.807, 2.05) is 13.8 Å². The lowest BCUT2D eigenvalue weighted by Gasteiger charge is -2.13. The number of benzene rings is 1. The van der Waals surface area contributed by atoms with Crippen molar-refractivity contribution in [1.82, 2.24) is 5.32 Å². The van der Waals surface area contributed by atoms with Crippen LogP contribution in [0.15, 0.2) is 18.2 Å². The third-order valence-corrected chi connectivity index (χ3v) is 2.75. The van der Waals surface area contributed by atoms with Crippen LogP contribution < -0.4 is 15.8 Å². The molecule has 0 aliphatic carbocycles. The molecule has 1 unspecified atom stereocenters. The van der Waals surface area contributed by atoms with E-state index in [2.05, 4.69) is 5.32 Å². The van der Waals surface area contributed by atoms with Crippen LogP contribution in [0, 0.1) is 0 Å². The molecule has 1 amide bonds.